The van der Waals surface area contributed by atoms with Crippen molar-refractivity contribution in [1.82, 2.24) is 9.80 Å². The summed E-state index contributed by atoms with van der Waals surface area (Å²) in [5.41, 5.74) is 3.01. The Kier molecular flexibility index (Phi) is 9.66. The molecule has 1 spiro atoms. The molecule has 0 bridgehead atoms. The largest absolute Gasteiger partial charge is 0.493 e. The SMILES string of the molecule is COc1cc2c(cc1OC)C1(CCOCC1)CN(CCCN(C)C)C2.Cl.Cl. The van der Waals surface area contributed by atoms with E-state index in [2.05, 4.69) is 36.0 Å². The Bertz CT molecular complexity index is 593. The molecule has 0 saturated carbocycles. The maximum absolute atomic E-state index is 5.68. The number of rotatable bonds is 6. The number of hydrogen-bond acceptors (Lipinski definition) is 5. The van der Waals surface area contributed by atoms with Crippen LogP contribution in [0.5, 0.6) is 11.5 Å². The fraction of sp³-hybridized carbons (Fsp3) is 0.700. The van der Waals surface area contributed by atoms with Gasteiger partial charge in [-0.25, -0.2) is 0 Å². The molecular formula is C20H34Cl2N2O3. The van der Waals surface area contributed by atoms with Crippen molar-refractivity contribution in [2.24, 2.45) is 0 Å². The summed E-state index contributed by atoms with van der Waals surface area (Å²) in [6, 6.07) is 4.40. The maximum atomic E-state index is 5.68. The summed E-state index contributed by atoms with van der Waals surface area (Å²) in [5, 5.41) is 0. The molecule has 0 amide bonds. The first-order valence-electron chi connectivity index (χ1n) is 9.28. The topological polar surface area (TPSA) is 34.2 Å². The van der Waals surface area contributed by atoms with Crippen molar-refractivity contribution in [2.75, 3.05) is 61.2 Å². The fourth-order valence-corrected chi connectivity index (χ4v) is 4.31. The predicted octanol–water partition coefficient (Wildman–Crippen LogP) is 3.36. The molecule has 2 aliphatic rings. The third-order valence-electron chi connectivity index (χ3n) is 5.63. The number of benzene rings is 1. The van der Waals surface area contributed by atoms with Gasteiger partial charge in [0.05, 0.1) is 14.2 Å². The van der Waals surface area contributed by atoms with Crippen molar-refractivity contribution in [3.8, 4) is 11.5 Å². The Morgan fingerprint density at radius 1 is 1.07 bits per heavy atom. The molecule has 0 aromatic heterocycles. The number of methoxy groups -OCH3 is 2. The molecule has 0 atom stereocenters. The molecule has 1 aromatic rings. The van der Waals surface area contributed by atoms with Crippen molar-refractivity contribution in [1.29, 1.82) is 0 Å². The van der Waals surface area contributed by atoms with E-state index in [1.54, 1.807) is 14.2 Å². The van der Waals surface area contributed by atoms with Crippen LogP contribution in [0.3, 0.4) is 0 Å². The Morgan fingerprint density at radius 3 is 2.30 bits per heavy atom. The van der Waals surface area contributed by atoms with Gasteiger partial charge in [0.1, 0.15) is 0 Å². The molecule has 1 fully saturated rings. The van der Waals surface area contributed by atoms with Crippen LogP contribution in [0.25, 0.3) is 0 Å². The first-order chi connectivity index (χ1) is 12.1. The van der Waals surface area contributed by atoms with E-state index in [0.29, 0.717) is 0 Å². The van der Waals surface area contributed by atoms with Crippen LogP contribution in [0.4, 0.5) is 0 Å². The molecule has 2 heterocycles. The normalized spacial score (nSPS) is 18.4. The summed E-state index contributed by atoms with van der Waals surface area (Å²) in [7, 11) is 7.72. The Balaban J connectivity index is 0.00000182. The molecule has 0 radical (unpaired) electrons. The molecule has 1 aromatic carbocycles. The van der Waals surface area contributed by atoms with Gasteiger partial charge in [-0.3, -0.25) is 4.90 Å². The van der Waals surface area contributed by atoms with Crippen LogP contribution in [0.2, 0.25) is 0 Å². The van der Waals surface area contributed by atoms with Crippen molar-refractivity contribution in [3.05, 3.63) is 23.3 Å². The number of nitrogens with zero attached hydrogens (tertiary/aromatic N) is 2. The van der Waals surface area contributed by atoms with E-state index in [4.69, 9.17) is 14.2 Å². The van der Waals surface area contributed by atoms with Gasteiger partial charge in [-0.05, 0) is 69.7 Å². The number of ether oxygens (including phenoxy) is 3. The molecule has 0 N–H and O–H groups in total. The fourth-order valence-electron chi connectivity index (χ4n) is 4.31. The number of fused-ring (bicyclic) bond motifs is 2. The second-order valence-electron chi connectivity index (χ2n) is 7.62. The monoisotopic (exact) mass is 420 g/mol. The van der Waals surface area contributed by atoms with E-state index in [1.165, 1.54) is 17.5 Å². The van der Waals surface area contributed by atoms with Crippen molar-refractivity contribution < 1.29 is 14.2 Å². The average molecular weight is 421 g/mol. The molecule has 1 saturated heterocycles. The van der Waals surface area contributed by atoms with Gasteiger partial charge in [0.25, 0.3) is 0 Å². The Hall–Kier alpha value is -0.720. The van der Waals surface area contributed by atoms with Crippen LogP contribution in [0.1, 0.15) is 30.4 Å². The minimum absolute atomic E-state index is 0. The summed E-state index contributed by atoms with van der Waals surface area (Å²) in [6.45, 7) is 6.07. The Labute approximate surface area is 176 Å². The molecular weight excluding hydrogens is 387 g/mol. The third-order valence-corrected chi connectivity index (χ3v) is 5.63. The quantitative estimate of drug-likeness (QED) is 0.704. The molecule has 27 heavy (non-hydrogen) atoms. The van der Waals surface area contributed by atoms with Crippen molar-refractivity contribution in [2.45, 2.75) is 31.2 Å². The van der Waals surface area contributed by atoms with Crippen LogP contribution in [0.15, 0.2) is 12.1 Å². The second kappa shape index (κ2) is 10.7. The summed E-state index contributed by atoms with van der Waals surface area (Å²) >= 11 is 0. The van der Waals surface area contributed by atoms with E-state index >= 15 is 0 Å². The van der Waals surface area contributed by atoms with Crippen LogP contribution in [0, 0.1) is 0 Å². The average Bonchev–Trinajstić information content (AvgIpc) is 2.61. The van der Waals surface area contributed by atoms with Crippen LogP contribution >= 0.6 is 24.8 Å². The van der Waals surface area contributed by atoms with Gasteiger partial charge in [-0.15, -0.1) is 24.8 Å². The molecule has 3 rings (SSSR count). The lowest BCUT2D eigenvalue weighted by Gasteiger charge is -2.46. The van der Waals surface area contributed by atoms with Crippen molar-refractivity contribution in [3.63, 3.8) is 0 Å². The van der Waals surface area contributed by atoms with E-state index in [0.717, 1.165) is 63.7 Å². The Morgan fingerprint density at radius 2 is 1.70 bits per heavy atom. The minimum atomic E-state index is 0. The summed E-state index contributed by atoms with van der Waals surface area (Å²) in [6.07, 6.45) is 3.36. The van der Waals surface area contributed by atoms with Crippen LogP contribution in [-0.2, 0) is 16.7 Å². The van der Waals surface area contributed by atoms with Crippen LogP contribution in [-0.4, -0.2) is 71.0 Å². The second-order valence-corrected chi connectivity index (χ2v) is 7.62. The molecule has 7 heteroatoms. The highest BCUT2D eigenvalue weighted by Crippen LogP contribution is 2.45. The standard InChI is InChI=1S/C20H32N2O3.2ClH/c1-21(2)8-5-9-22-14-16-12-18(23-3)19(24-4)13-17(16)20(15-22)6-10-25-11-7-20;;/h12-13H,5-11,14-15H2,1-4H3;2*1H. The lowest BCUT2D eigenvalue weighted by atomic mass is 9.70. The van der Waals surface area contributed by atoms with Crippen LogP contribution < -0.4 is 9.47 Å². The molecule has 5 nitrogen and oxygen atoms in total. The molecule has 0 unspecified atom stereocenters. The lowest BCUT2D eigenvalue weighted by molar-refractivity contribution is 0.0251. The van der Waals surface area contributed by atoms with E-state index in [-0.39, 0.29) is 30.2 Å². The van der Waals surface area contributed by atoms with E-state index in [9.17, 15) is 0 Å². The molecule has 2 aliphatic heterocycles. The van der Waals surface area contributed by atoms with E-state index < -0.39 is 0 Å². The maximum Gasteiger partial charge on any atom is 0.161 e. The highest BCUT2D eigenvalue weighted by atomic mass is 35.5. The summed E-state index contributed by atoms with van der Waals surface area (Å²) in [4.78, 5) is 4.87. The van der Waals surface area contributed by atoms with Gasteiger partial charge < -0.3 is 19.1 Å². The zero-order chi connectivity index (χ0) is 17.9. The zero-order valence-electron chi connectivity index (χ0n) is 17.0. The summed E-state index contributed by atoms with van der Waals surface area (Å²) in [5.74, 6) is 1.67. The predicted molar refractivity (Wildman–Crippen MR) is 114 cm³/mol. The highest BCUT2D eigenvalue weighted by molar-refractivity contribution is 5.85. The zero-order valence-corrected chi connectivity index (χ0v) is 18.6. The van der Waals surface area contributed by atoms with Gasteiger partial charge in [0.15, 0.2) is 11.5 Å². The minimum Gasteiger partial charge on any atom is -0.493 e. The van der Waals surface area contributed by atoms with Gasteiger partial charge in [0.2, 0.25) is 0 Å². The molecule has 156 valence electrons. The molecule has 0 aliphatic carbocycles. The van der Waals surface area contributed by atoms with Gasteiger partial charge >= 0.3 is 0 Å². The van der Waals surface area contributed by atoms with Gasteiger partial charge in [0, 0.05) is 31.7 Å². The first-order valence-corrected chi connectivity index (χ1v) is 9.28. The van der Waals surface area contributed by atoms with Gasteiger partial charge in [-0.1, -0.05) is 0 Å². The van der Waals surface area contributed by atoms with E-state index in [1.807, 2.05) is 0 Å². The highest BCUT2D eigenvalue weighted by Gasteiger charge is 2.41. The third kappa shape index (κ3) is 5.42. The smallest absolute Gasteiger partial charge is 0.161 e. The first kappa shape index (κ1) is 24.3. The lowest BCUT2D eigenvalue weighted by Crippen LogP contribution is -2.49. The number of halogens is 2. The van der Waals surface area contributed by atoms with Crippen molar-refractivity contribution >= 4 is 24.8 Å². The summed E-state index contributed by atoms with van der Waals surface area (Å²) < 4.78 is 16.8. The number of hydrogen-bond donors (Lipinski definition) is 0. The van der Waals surface area contributed by atoms with Gasteiger partial charge in [-0.2, -0.15) is 0 Å².